The van der Waals surface area contributed by atoms with Gasteiger partial charge in [0.25, 0.3) is 0 Å². The second-order valence-corrected chi connectivity index (χ2v) is 5.06. The molecule has 0 unspecified atom stereocenters. The molecule has 0 aliphatic rings. The van der Waals surface area contributed by atoms with Gasteiger partial charge in [0.1, 0.15) is 5.76 Å². The molecule has 0 amide bonds. The Kier molecular flexibility index (Phi) is 3.87. The predicted molar refractivity (Wildman–Crippen MR) is 72.6 cm³/mol. The fraction of sp³-hybridized carbons (Fsp3) is 0.0833. The number of halogens is 2. The third kappa shape index (κ3) is 2.90. The Morgan fingerprint density at radius 1 is 1.24 bits per heavy atom. The average molecular weight is 356 g/mol. The van der Waals surface area contributed by atoms with Crippen LogP contribution in [0.4, 0.5) is 5.69 Å². The van der Waals surface area contributed by atoms with Gasteiger partial charge in [0, 0.05) is 10.2 Å². The molecular weight excluding hydrogens is 348 g/mol. The topological polar surface area (TPSA) is 49.0 Å². The lowest BCUT2D eigenvalue weighted by Crippen LogP contribution is -1.99. The molecule has 17 heavy (non-hydrogen) atoms. The molecule has 1 heterocycles. The minimum Gasteiger partial charge on any atom is -0.466 e. The highest BCUT2D eigenvalue weighted by Crippen LogP contribution is 2.25. The van der Waals surface area contributed by atoms with Gasteiger partial charge in [-0.15, -0.1) is 0 Å². The number of nitriles is 1. The molecule has 0 atom stereocenters. The summed E-state index contributed by atoms with van der Waals surface area (Å²) in [7, 11) is 0. The van der Waals surface area contributed by atoms with Crippen molar-refractivity contribution in [3.63, 3.8) is 0 Å². The first-order chi connectivity index (χ1) is 8.20. The van der Waals surface area contributed by atoms with Crippen LogP contribution in [0.2, 0.25) is 0 Å². The molecule has 1 aromatic carbocycles. The molecule has 1 aromatic heterocycles. The van der Waals surface area contributed by atoms with Crippen LogP contribution in [0, 0.1) is 11.3 Å². The van der Waals surface area contributed by atoms with Crippen molar-refractivity contribution in [1.29, 1.82) is 5.26 Å². The predicted octanol–water partition coefficient (Wildman–Crippen LogP) is 4.29. The summed E-state index contributed by atoms with van der Waals surface area (Å²) < 4.78 is 7.09. The standard InChI is InChI=1S/C12H8Br2N2O/c13-9-3-4-17-12(9)7-16-11-2-1-8(6-15)5-10(11)14/h1-5,16H,7H2. The first-order valence-electron chi connectivity index (χ1n) is 4.86. The Morgan fingerprint density at radius 3 is 2.65 bits per heavy atom. The van der Waals surface area contributed by atoms with Crippen LogP contribution < -0.4 is 5.32 Å². The molecule has 0 radical (unpaired) electrons. The summed E-state index contributed by atoms with van der Waals surface area (Å²) in [5.41, 5.74) is 1.55. The van der Waals surface area contributed by atoms with Crippen LogP contribution in [-0.4, -0.2) is 0 Å². The van der Waals surface area contributed by atoms with E-state index in [0.29, 0.717) is 12.1 Å². The third-order valence-corrected chi connectivity index (χ3v) is 3.59. The average Bonchev–Trinajstić information content (AvgIpc) is 2.73. The van der Waals surface area contributed by atoms with Gasteiger partial charge < -0.3 is 9.73 Å². The maximum absolute atomic E-state index is 8.76. The van der Waals surface area contributed by atoms with E-state index in [4.69, 9.17) is 9.68 Å². The lowest BCUT2D eigenvalue weighted by atomic mass is 10.2. The molecular formula is C12H8Br2N2O. The molecule has 2 aromatic rings. The Labute approximate surface area is 116 Å². The van der Waals surface area contributed by atoms with Gasteiger partial charge in [0.05, 0.1) is 28.9 Å². The van der Waals surface area contributed by atoms with Crippen molar-refractivity contribution in [2.24, 2.45) is 0 Å². The molecule has 0 saturated carbocycles. The Morgan fingerprint density at radius 2 is 2.06 bits per heavy atom. The van der Waals surface area contributed by atoms with E-state index in [1.807, 2.05) is 12.1 Å². The van der Waals surface area contributed by atoms with Gasteiger partial charge in [0.15, 0.2) is 0 Å². The maximum Gasteiger partial charge on any atom is 0.136 e. The molecule has 0 aliphatic heterocycles. The van der Waals surface area contributed by atoms with Crippen LogP contribution in [0.1, 0.15) is 11.3 Å². The Balaban J connectivity index is 2.10. The highest BCUT2D eigenvalue weighted by molar-refractivity contribution is 9.10. The molecule has 0 fully saturated rings. The van der Waals surface area contributed by atoms with Crippen LogP contribution in [-0.2, 0) is 6.54 Å². The van der Waals surface area contributed by atoms with E-state index in [2.05, 4.69) is 43.2 Å². The van der Waals surface area contributed by atoms with Crippen molar-refractivity contribution in [2.75, 3.05) is 5.32 Å². The summed E-state index contributed by atoms with van der Waals surface area (Å²) in [6, 6.07) is 9.35. The fourth-order valence-electron chi connectivity index (χ4n) is 1.35. The van der Waals surface area contributed by atoms with E-state index in [9.17, 15) is 0 Å². The minimum atomic E-state index is 0.581. The molecule has 1 N–H and O–H groups in total. The summed E-state index contributed by atoms with van der Waals surface area (Å²) in [6.07, 6.45) is 1.63. The molecule has 3 nitrogen and oxygen atoms in total. The number of hydrogen-bond donors (Lipinski definition) is 1. The van der Waals surface area contributed by atoms with E-state index in [1.165, 1.54) is 0 Å². The van der Waals surface area contributed by atoms with E-state index in [0.717, 1.165) is 20.4 Å². The van der Waals surface area contributed by atoms with Crippen molar-refractivity contribution in [2.45, 2.75) is 6.54 Å². The second-order valence-electron chi connectivity index (χ2n) is 3.35. The quantitative estimate of drug-likeness (QED) is 0.893. The lowest BCUT2D eigenvalue weighted by molar-refractivity contribution is 0.516. The second kappa shape index (κ2) is 5.39. The smallest absolute Gasteiger partial charge is 0.136 e. The molecule has 86 valence electrons. The van der Waals surface area contributed by atoms with Crippen molar-refractivity contribution in [1.82, 2.24) is 0 Å². The van der Waals surface area contributed by atoms with E-state index >= 15 is 0 Å². The van der Waals surface area contributed by atoms with Crippen molar-refractivity contribution >= 4 is 37.5 Å². The SMILES string of the molecule is N#Cc1ccc(NCc2occc2Br)c(Br)c1. The van der Waals surface area contributed by atoms with Gasteiger partial charge in [-0.2, -0.15) is 5.26 Å². The monoisotopic (exact) mass is 354 g/mol. The van der Waals surface area contributed by atoms with Gasteiger partial charge in [-0.25, -0.2) is 0 Å². The van der Waals surface area contributed by atoms with E-state index in [-0.39, 0.29) is 0 Å². The first kappa shape index (κ1) is 12.2. The van der Waals surface area contributed by atoms with Gasteiger partial charge in [-0.05, 0) is 56.1 Å². The molecule has 2 rings (SSSR count). The van der Waals surface area contributed by atoms with Gasteiger partial charge in [-0.3, -0.25) is 0 Å². The normalized spacial score (nSPS) is 9.94. The van der Waals surface area contributed by atoms with Gasteiger partial charge >= 0.3 is 0 Å². The summed E-state index contributed by atoms with van der Waals surface area (Å²) >= 11 is 6.81. The van der Waals surface area contributed by atoms with Gasteiger partial charge in [0.2, 0.25) is 0 Å². The molecule has 0 aliphatic carbocycles. The fourth-order valence-corrected chi connectivity index (χ4v) is 2.22. The van der Waals surface area contributed by atoms with Crippen LogP contribution in [0.3, 0.4) is 0 Å². The van der Waals surface area contributed by atoms with Crippen molar-refractivity contribution in [3.8, 4) is 6.07 Å². The molecule has 0 bridgehead atoms. The highest BCUT2D eigenvalue weighted by atomic mass is 79.9. The molecule has 0 spiro atoms. The summed E-state index contributed by atoms with van der Waals surface area (Å²) in [5.74, 6) is 0.834. The largest absolute Gasteiger partial charge is 0.466 e. The van der Waals surface area contributed by atoms with Gasteiger partial charge in [-0.1, -0.05) is 0 Å². The zero-order valence-corrected chi connectivity index (χ0v) is 11.9. The lowest BCUT2D eigenvalue weighted by Gasteiger charge is -2.07. The van der Waals surface area contributed by atoms with Crippen LogP contribution in [0.15, 0.2) is 43.9 Å². The summed E-state index contributed by atoms with van der Waals surface area (Å²) in [6.45, 7) is 0.581. The number of nitrogens with one attached hydrogen (secondary N) is 1. The maximum atomic E-state index is 8.76. The summed E-state index contributed by atoms with van der Waals surface area (Å²) in [4.78, 5) is 0. The molecule has 0 saturated heterocycles. The number of rotatable bonds is 3. The zero-order valence-electron chi connectivity index (χ0n) is 8.71. The number of hydrogen-bond acceptors (Lipinski definition) is 3. The number of anilines is 1. The number of nitrogens with zero attached hydrogens (tertiary/aromatic N) is 1. The first-order valence-corrected chi connectivity index (χ1v) is 6.44. The number of benzene rings is 1. The van der Waals surface area contributed by atoms with E-state index in [1.54, 1.807) is 18.4 Å². The van der Waals surface area contributed by atoms with E-state index < -0.39 is 0 Å². The summed E-state index contributed by atoms with van der Waals surface area (Å²) in [5, 5.41) is 12.0. The minimum absolute atomic E-state index is 0.581. The number of furan rings is 1. The van der Waals surface area contributed by atoms with Crippen LogP contribution in [0.25, 0.3) is 0 Å². The van der Waals surface area contributed by atoms with Crippen LogP contribution >= 0.6 is 31.9 Å². The van der Waals surface area contributed by atoms with Crippen LogP contribution in [0.5, 0.6) is 0 Å². The third-order valence-electron chi connectivity index (χ3n) is 2.23. The zero-order chi connectivity index (χ0) is 12.3. The Bertz CT molecular complexity index is 572. The molecule has 5 heteroatoms. The van der Waals surface area contributed by atoms with Crippen molar-refractivity contribution < 1.29 is 4.42 Å². The highest BCUT2D eigenvalue weighted by Gasteiger charge is 2.05. The Hall–Kier alpha value is -1.25. The van der Waals surface area contributed by atoms with Crippen molar-refractivity contribution in [3.05, 3.63) is 50.8 Å².